The summed E-state index contributed by atoms with van der Waals surface area (Å²) >= 11 is 1.83. The zero-order valence-electron chi connectivity index (χ0n) is 12.9. The van der Waals surface area contributed by atoms with Crippen molar-refractivity contribution < 1.29 is 0 Å². The molecule has 19 heavy (non-hydrogen) atoms. The van der Waals surface area contributed by atoms with Crippen molar-refractivity contribution in [2.75, 3.05) is 19.6 Å². The first-order chi connectivity index (χ1) is 8.85. The standard InChI is InChI=1S/C15H27N3S/c1-11-8-16-14(19-11)12(2)18-7-6-13(10-18)9-17-15(3,4)5/h8,12-13,17H,6-7,9-10H2,1-5H3. The Kier molecular flexibility index (Phi) is 4.64. The Morgan fingerprint density at radius 1 is 1.53 bits per heavy atom. The van der Waals surface area contributed by atoms with Gasteiger partial charge in [0.2, 0.25) is 0 Å². The molecule has 2 atom stereocenters. The van der Waals surface area contributed by atoms with Gasteiger partial charge in [0.05, 0.1) is 6.04 Å². The fourth-order valence-electron chi connectivity index (χ4n) is 2.55. The number of aryl methyl sites for hydroxylation is 1. The number of hydrogen-bond donors (Lipinski definition) is 1. The molecule has 1 aliphatic heterocycles. The number of hydrogen-bond acceptors (Lipinski definition) is 4. The van der Waals surface area contributed by atoms with Gasteiger partial charge in [0, 0.05) is 23.2 Å². The van der Waals surface area contributed by atoms with E-state index in [2.05, 4.69) is 49.8 Å². The Morgan fingerprint density at radius 2 is 2.26 bits per heavy atom. The fraction of sp³-hybridized carbons (Fsp3) is 0.800. The van der Waals surface area contributed by atoms with Gasteiger partial charge < -0.3 is 5.32 Å². The number of nitrogens with zero attached hydrogens (tertiary/aromatic N) is 2. The van der Waals surface area contributed by atoms with Crippen LogP contribution in [-0.4, -0.2) is 35.1 Å². The van der Waals surface area contributed by atoms with Crippen LogP contribution in [0.5, 0.6) is 0 Å². The summed E-state index contributed by atoms with van der Waals surface area (Å²) in [6, 6.07) is 0.471. The highest BCUT2D eigenvalue weighted by Crippen LogP contribution is 2.29. The Labute approximate surface area is 121 Å². The zero-order chi connectivity index (χ0) is 14.0. The summed E-state index contributed by atoms with van der Waals surface area (Å²) in [6.07, 6.45) is 3.29. The molecule has 1 fully saturated rings. The van der Waals surface area contributed by atoms with Crippen LogP contribution in [0.3, 0.4) is 0 Å². The number of rotatable bonds is 4. The fourth-order valence-corrected chi connectivity index (χ4v) is 3.41. The molecule has 108 valence electrons. The maximum absolute atomic E-state index is 4.53. The van der Waals surface area contributed by atoms with E-state index in [0.717, 1.165) is 12.5 Å². The molecule has 1 aromatic heterocycles. The van der Waals surface area contributed by atoms with Gasteiger partial charge in [-0.1, -0.05) is 0 Å². The second-order valence-corrected chi connectivity index (χ2v) is 8.03. The molecule has 1 saturated heterocycles. The van der Waals surface area contributed by atoms with Gasteiger partial charge in [0.25, 0.3) is 0 Å². The number of aromatic nitrogens is 1. The smallest absolute Gasteiger partial charge is 0.110 e. The summed E-state index contributed by atoms with van der Waals surface area (Å²) in [7, 11) is 0. The van der Waals surface area contributed by atoms with E-state index in [0.29, 0.717) is 6.04 Å². The van der Waals surface area contributed by atoms with Crippen LogP contribution in [0.4, 0.5) is 0 Å². The van der Waals surface area contributed by atoms with Crippen LogP contribution >= 0.6 is 11.3 Å². The maximum atomic E-state index is 4.53. The minimum atomic E-state index is 0.228. The van der Waals surface area contributed by atoms with E-state index in [-0.39, 0.29) is 5.54 Å². The molecule has 1 N–H and O–H groups in total. The summed E-state index contributed by atoms with van der Waals surface area (Å²) in [6.45, 7) is 14.7. The third-order valence-electron chi connectivity index (χ3n) is 3.78. The van der Waals surface area contributed by atoms with Crippen LogP contribution in [-0.2, 0) is 0 Å². The summed E-state index contributed by atoms with van der Waals surface area (Å²) < 4.78 is 0. The molecule has 0 aliphatic carbocycles. The van der Waals surface area contributed by atoms with E-state index in [1.54, 1.807) is 0 Å². The van der Waals surface area contributed by atoms with Gasteiger partial charge in [-0.3, -0.25) is 4.90 Å². The molecule has 1 aliphatic rings. The molecule has 0 saturated carbocycles. The third kappa shape index (κ3) is 4.26. The second-order valence-electron chi connectivity index (χ2n) is 6.77. The molecular weight excluding hydrogens is 254 g/mol. The third-order valence-corrected chi connectivity index (χ3v) is 4.87. The average molecular weight is 281 g/mol. The Morgan fingerprint density at radius 3 is 2.84 bits per heavy atom. The first kappa shape index (κ1) is 14.9. The lowest BCUT2D eigenvalue weighted by Crippen LogP contribution is -2.39. The molecule has 0 spiro atoms. The zero-order valence-corrected chi connectivity index (χ0v) is 13.7. The monoisotopic (exact) mass is 281 g/mol. The largest absolute Gasteiger partial charge is 0.312 e. The molecule has 1 aromatic rings. The molecule has 2 heterocycles. The lowest BCUT2D eigenvalue weighted by molar-refractivity contribution is 0.248. The van der Waals surface area contributed by atoms with Crippen molar-refractivity contribution in [2.24, 2.45) is 5.92 Å². The molecule has 0 aromatic carbocycles. The van der Waals surface area contributed by atoms with Gasteiger partial charge in [-0.15, -0.1) is 11.3 Å². The number of nitrogens with one attached hydrogen (secondary N) is 1. The minimum Gasteiger partial charge on any atom is -0.312 e. The summed E-state index contributed by atoms with van der Waals surface area (Å²) in [4.78, 5) is 8.42. The van der Waals surface area contributed by atoms with Gasteiger partial charge in [0.15, 0.2) is 0 Å². The van der Waals surface area contributed by atoms with Gasteiger partial charge in [-0.25, -0.2) is 4.98 Å². The predicted octanol–water partition coefficient (Wildman–Crippen LogP) is 3.22. The Balaban J connectivity index is 1.84. The summed E-state index contributed by atoms with van der Waals surface area (Å²) in [5.74, 6) is 0.780. The van der Waals surface area contributed by atoms with Crippen molar-refractivity contribution in [1.82, 2.24) is 15.2 Å². The quantitative estimate of drug-likeness (QED) is 0.918. The molecule has 0 radical (unpaired) electrons. The highest BCUT2D eigenvalue weighted by molar-refractivity contribution is 7.11. The van der Waals surface area contributed by atoms with Crippen molar-refractivity contribution in [1.29, 1.82) is 0 Å². The second kappa shape index (κ2) is 5.90. The SMILES string of the molecule is Cc1cnc(C(C)N2CCC(CNC(C)(C)C)C2)s1. The number of thiazole rings is 1. The molecule has 2 unspecified atom stereocenters. The normalized spacial score (nSPS) is 22.9. The van der Waals surface area contributed by atoms with Gasteiger partial charge in [-0.05, 0) is 60.0 Å². The maximum Gasteiger partial charge on any atom is 0.110 e. The van der Waals surface area contributed by atoms with E-state index in [1.165, 1.54) is 29.4 Å². The van der Waals surface area contributed by atoms with E-state index in [1.807, 2.05) is 17.5 Å². The highest BCUT2D eigenvalue weighted by atomic mass is 32.1. The molecule has 3 nitrogen and oxygen atoms in total. The van der Waals surface area contributed by atoms with E-state index < -0.39 is 0 Å². The Bertz CT molecular complexity index is 408. The van der Waals surface area contributed by atoms with Crippen LogP contribution in [0.1, 0.15) is 50.0 Å². The lowest BCUT2D eigenvalue weighted by Gasteiger charge is -2.25. The molecule has 4 heteroatoms. The van der Waals surface area contributed by atoms with Crippen molar-refractivity contribution in [3.05, 3.63) is 16.1 Å². The van der Waals surface area contributed by atoms with E-state index >= 15 is 0 Å². The predicted molar refractivity (Wildman–Crippen MR) is 82.7 cm³/mol. The minimum absolute atomic E-state index is 0.228. The molecule has 0 bridgehead atoms. The van der Waals surface area contributed by atoms with Crippen molar-refractivity contribution in [3.8, 4) is 0 Å². The average Bonchev–Trinajstić information content (AvgIpc) is 2.93. The first-order valence-electron chi connectivity index (χ1n) is 7.26. The first-order valence-corrected chi connectivity index (χ1v) is 8.08. The van der Waals surface area contributed by atoms with Crippen LogP contribution < -0.4 is 5.32 Å². The van der Waals surface area contributed by atoms with Crippen LogP contribution in [0.15, 0.2) is 6.20 Å². The van der Waals surface area contributed by atoms with Crippen molar-refractivity contribution >= 4 is 11.3 Å². The van der Waals surface area contributed by atoms with Crippen LogP contribution in [0.2, 0.25) is 0 Å². The van der Waals surface area contributed by atoms with E-state index in [9.17, 15) is 0 Å². The Hall–Kier alpha value is -0.450. The topological polar surface area (TPSA) is 28.2 Å². The van der Waals surface area contributed by atoms with Crippen LogP contribution in [0.25, 0.3) is 0 Å². The van der Waals surface area contributed by atoms with Gasteiger partial charge >= 0.3 is 0 Å². The molecule has 2 rings (SSSR count). The molecular formula is C15H27N3S. The van der Waals surface area contributed by atoms with Crippen molar-refractivity contribution in [3.63, 3.8) is 0 Å². The van der Waals surface area contributed by atoms with Gasteiger partial charge in [0.1, 0.15) is 5.01 Å². The highest BCUT2D eigenvalue weighted by Gasteiger charge is 2.28. The lowest BCUT2D eigenvalue weighted by atomic mass is 10.1. The van der Waals surface area contributed by atoms with Crippen molar-refractivity contribution in [2.45, 2.75) is 52.6 Å². The summed E-state index contributed by atoms with van der Waals surface area (Å²) in [5.41, 5.74) is 0.228. The van der Waals surface area contributed by atoms with E-state index in [4.69, 9.17) is 0 Å². The summed E-state index contributed by atoms with van der Waals surface area (Å²) in [5, 5.41) is 4.89. The van der Waals surface area contributed by atoms with Crippen LogP contribution in [0, 0.1) is 12.8 Å². The number of likely N-dealkylation sites (tertiary alicyclic amines) is 1. The van der Waals surface area contributed by atoms with Gasteiger partial charge in [-0.2, -0.15) is 0 Å². The molecule has 0 amide bonds.